The van der Waals surface area contributed by atoms with Gasteiger partial charge in [0.2, 0.25) is 0 Å². The van der Waals surface area contributed by atoms with E-state index in [4.69, 9.17) is 16.3 Å². The van der Waals surface area contributed by atoms with E-state index in [0.29, 0.717) is 16.4 Å². The van der Waals surface area contributed by atoms with E-state index < -0.39 is 29.8 Å². The SMILES string of the molecule is C[C@@H](OC(=O)c1ccc2c(c1)C(=O)N(c1ccc(Cl)cc1)C2=O)C(=O)Nc1ccc(N(C)C)cc1. The zero-order valence-electron chi connectivity index (χ0n) is 19.2. The van der Waals surface area contributed by atoms with Crippen LogP contribution in [0.25, 0.3) is 0 Å². The maximum Gasteiger partial charge on any atom is 0.338 e. The van der Waals surface area contributed by atoms with Crippen LogP contribution in [0.1, 0.15) is 38.0 Å². The molecule has 0 saturated heterocycles. The highest BCUT2D eigenvalue weighted by Crippen LogP contribution is 2.30. The fraction of sp³-hybridized carbons (Fsp3) is 0.154. The van der Waals surface area contributed by atoms with Crippen molar-refractivity contribution < 1.29 is 23.9 Å². The van der Waals surface area contributed by atoms with E-state index in [1.54, 1.807) is 36.4 Å². The summed E-state index contributed by atoms with van der Waals surface area (Å²) in [4.78, 5) is 53.8. The number of nitrogens with one attached hydrogen (secondary N) is 1. The van der Waals surface area contributed by atoms with Gasteiger partial charge in [-0.25, -0.2) is 9.69 Å². The molecule has 8 nitrogen and oxygen atoms in total. The molecule has 0 bridgehead atoms. The van der Waals surface area contributed by atoms with Crippen molar-refractivity contribution in [1.82, 2.24) is 0 Å². The first-order chi connectivity index (χ1) is 16.7. The minimum atomic E-state index is -1.09. The summed E-state index contributed by atoms with van der Waals surface area (Å²) in [6.07, 6.45) is -1.09. The lowest BCUT2D eigenvalue weighted by Gasteiger charge is -2.15. The number of halogens is 1. The van der Waals surface area contributed by atoms with Crippen LogP contribution >= 0.6 is 11.6 Å². The first-order valence-corrected chi connectivity index (χ1v) is 11.1. The summed E-state index contributed by atoms with van der Waals surface area (Å²) >= 11 is 5.89. The zero-order valence-corrected chi connectivity index (χ0v) is 20.0. The van der Waals surface area contributed by atoms with Gasteiger partial charge in [0.1, 0.15) is 0 Å². The van der Waals surface area contributed by atoms with Gasteiger partial charge in [0.05, 0.1) is 22.4 Å². The molecule has 0 aliphatic carbocycles. The molecule has 0 spiro atoms. The lowest BCUT2D eigenvalue weighted by molar-refractivity contribution is -0.123. The first kappa shape index (κ1) is 24.0. The van der Waals surface area contributed by atoms with Crippen molar-refractivity contribution in [3.8, 4) is 0 Å². The molecule has 1 aliphatic rings. The predicted molar refractivity (Wildman–Crippen MR) is 133 cm³/mol. The van der Waals surface area contributed by atoms with Crippen molar-refractivity contribution in [2.45, 2.75) is 13.0 Å². The molecule has 0 saturated carbocycles. The third-order valence-electron chi connectivity index (χ3n) is 5.51. The highest BCUT2D eigenvalue weighted by Gasteiger charge is 2.37. The number of nitrogens with zero attached hydrogens (tertiary/aromatic N) is 2. The molecular weight excluding hydrogens is 470 g/mol. The Morgan fingerprint density at radius 2 is 1.54 bits per heavy atom. The van der Waals surface area contributed by atoms with Crippen molar-refractivity contribution in [3.05, 3.63) is 88.4 Å². The number of carbonyl (C=O) groups excluding carboxylic acids is 4. The Bertz CT molecular complexity index is 1320. The van der Waals surface area contributed by atoms with Crippen molar-refractivity contribution in [2.75, 3.05) is 29.2 Å². The Hall–Kier alpha value is -4.17. The fourth-order valence-corrected chi connectivity index (χ4v) is 3.69. The second kappa shape index (κ2) is 9.60. The standard InChI is InChI=1S/C26H22ClN3O5/c1-15(23(31)28-18-7-11-19(12-8-18)29(2)3)35-26(34)16-4-13-21-22(14-16)25(33)30(24(21)32)20-9-5-17(27)6-10-20/h4-15H,1-3H3,(H,28,31)/t15-/m1/s1. The van der Waals surface area contributed by atoms with Gasteiger partial charge in [-0.3, -0.25) is 14.4 Å². The van der Waals surface area contributed by atoms with Gasteiger partial charge in [-0.1, -0.05) is 11.6 Å². The molecule has 9 heteroatoms. The molecule has 1 N–H and O–H groups in total. The van der Waals surface area contributed by atoms with Crippen LogP contribution in [0.2, 0.25) is 5.02 Å². The molecule has 178 valence electrons. The lowest BCUT2D eigenvalue weighted by Crippen LogP contribution is -2.30. The molecule has 4 rings (SSSR count). The van der Waals surface area contributed by atoms with E-state index in [1.165, 1.54) is 25.1 Å². The summed E-state index contributed by atoms with van der Waals surface area (Å²) in [6.45, 7) is 1.45. The number of rotatable bonds is 6. The number of hydrogen-bond acceptors (Lipinski definition) is 6. The van der Waals surface area contributed by atoms with E-state index in [0.717, 1.165) is 10.6 Å². The Morgan fingerprint density at radius 1 is 0.914 bits per heavy atom. The van der Waals surface area contributed by atoms with E-state index in [-0.39, 0.29) is 16.7 Å². The minimum Gasteiger partial charge on any atom is -0.449 e. The van der Waals surface area contributed by atoms with Gasteiger partial charge in [0.25, 0.3) is 17.7 Å². The van der Waals surface area contributed by atoms with Gasteiger partial charge in [0.15, 0.2) is 6.10 Å². The topological polar surface area (TPSA) is 96.0 Å². The molecule has 0 aromatic heterocycles. The number of amides is 3. The van der Waals surface area contributed by atoms with E-state index in [9.17, 15) is 19.2 Å². The molecule has 35 heavy (non-hydrogen) atoms. The first-order valence-electron chi connectivity index (χ1n) is 10.7. The third kappa shape index (κ3) is 4.88. The zero-order chi connectivity index (χ0) is 25.3. The van der Waals surface area contributed by atoms with Crippen molar-refractivity contribution in [1.29, 1.82) is 0 Å². The van der Waals surface area contributed by atoms with Gasteiger partial charge in [-0.15, -0.1) is 0 Å². The summed E-state index contributed by atoms with van der Waals surface area (Å²) in [5.74, 6) is -2.35. The number of benzene rings is 3. The lowest BCUT2D eigenvalue weighted by atomic mass is 10.1. The normalized spacial score (nSPS) is 13.3. The number of fused-ring (bicyclic) bond motifs is 1. The van der Waals surface area contributed by atoms with Gasteiger partial charge in [0, 0.05) is 30.5 Å². The molecule has 3 aromatic carbocycles. The number of hydrogen-bond donors (Lipinski definition) is 1. The van der Waals surface area contributed by atoms with Gasteiger partial charge >= 0.3 is 5.97 Å². The number of carbonyl (C=O) groups is 4. The summed E-state index contributed by atoms with van der Waals surface area (Å²) in [5.41, 5.74) is 2.21. The van der Waals surface area contributed by atoms with Gasteiger partial charge in [-0.2, -0.15) is 0 Å². The molecule has 1 aliphatic heterocycles. The average Bonchev–Trinajstić information content (AvgIpc) is 3.09. The molecule has 3 aromatic rings. The second-order valence-electron chi connectivity index (χ2n) is 8.16. The van der Waals surface area contributed by atoms with Crippen LogP contribution in [-0.2, 0) is 9.53 Å². The number of anilines is 3. The highest BCUT2D eigenvalue weighted by atomic mass is 35.5. The molecule has 1 heterocycles. The van der Waals surface area contributed by atoms with Crippen molar-refractivity contribution in [3.63, 3.8) is 0 Å². The van der Waals surface area contributed by atoms with Gasteiger partial charge < -0.3 is 15.0 Å². The third-order valence-corrected chi connectivity index (χ3v) is 5.76. The van der Waals surface area contributed by atoms with E-state index >= 15 is 0 Å². The van der Waals surface area contributed by atoms with E-state index in [1.807, 2.05) is 31.1 Å². The minimum absolute atomic E-state index is 0.0536. The maximum atomic E-state index is 12.9. The van der Waals surface area contributed by atoms with Crippen LogP contribution < -0.4 is 15.1 Å². The summed E-state index contributed by atoms with van der Waals surface area (Å²) in [7, 11) is 3.82. The van der Waals surface area contributed by atoms with Crippen LogP contribution in [0.5, 0.6) is 0 Å². The van der Waals surface area contributed by atoms with Crippen LogP contribution in [0, 0.1) is 0 Å². The number of ether oxygens (including phenoxy) is 1. The van der Waals surface area contributed by atoms with Crippen LogP contribution in [0.4, 0.5) is 17.1 Å². The largest absolute Gasteiger partial charge is 0.449 e. The molecule has 0 fully saturated rings. The highest BCUT2D eigenvalue weighted by molar-refractivity contribution is 6.35. The Balaban J connectivity index is 1.45. The Morgan fingerprint density at radius 3 is 2.17 bits per heavy atom. The van der Waals surface area contributed by atoms with Crippen molar-refractivity contribution >= 4 is 52.4 Å². The molecular formula is C26H22ClN3O5. The van der Waals surface area contributed by atoms with Crippen molar-refractivity contribution in [2.24, 2.45) is 0 Å². The molecule has 3 amide bonds. The predicted octanol–water partition coefficient (Wildman–Crippen LogP) is 4.39. The summed E-state index contributed by atoms with van der Waals surface area (Å²) in [5, 5.41) is 3.17. The van der Waals surface area contributed by atoms with Crippen LogP contribution in [-0.4, -0.2) is 43.9 Å². The van der Waals surface area contributed by atoms with E-state index in [2.05, 4.69) is 5.32 Å². The fourth-order valence-electron chi connectivity index (χ4n) is 3.56. The van der Waals surface area contributed by atoms with Gasteiger partial charge in [-0.05, 0) is 73.7 Å². The van der Waals surface area contributed by atoms with Crippen LogP contribution in [0.15, 0.2) is 66.7 Å². The summed E-state index contributed by atoms with van der Waals surface area (Å²) in [6, 6.07) is 17.6. The smallest absolute Gasteiger partial charge is 0.338 e. The maximum absolute atomic E-state index is 12.9. The molecule has 0 unspecified atom stereocenters. The molecule has 0 radical (unpaired) electrons. The Labute approximate surface area is 207 Å². The van der Waals surface area contributed by atoms with Crippen LogP contribution in [0.3, 0.4) is 0 Å². The molecule has 1 atom stereocenters. The monoisotopic (exact) mass is 491 g/mol. The second-order valence-corrected chi connectivity index (χ2v) is 8.60. The number of esters is 1. The average molecular weight is 492 g/mol. The quantitative estimate of drug-likeness (QED) is 0.406. The number of imide groups is 1. The summed E-state index contributed by atoms with van der Waals surface area (Å²) < 4.78 is 5.30. The Kier molecular flexibility index (Phi) is 6.57.